The zero-order valence-corrected chi connectivity index (χ0v) is 7.75. The molecule has 14 heavy (non-hydrogen) atoms. The summed E-state index contributed by atoms with van der Waals surface area (Å²) >= 11 is 0. The maximum Gasteiger partial charge on any atom is 0.217 e. The molecule has 1 aliphatic heterocycles. The van der Waals surface area contributed by atoms with E-state index >= 15 is 0 Å². The molecule has 1 unspecified atom stereocenters. The Balaban J connectivity index is 2.65. The topological polar surface area (TPSA) is 99.0 Å². The van der Waals surface area contributed by atoms with Gasteiger partial charge in [-0.3, -0.25) is 4.79 Å². The Hall–Kier alpha value is -0.690. The summed E-state index contributed by atoms with van der Waals surface area (Å²) in [5, 5.41) is 30.6. The van der Waals surface area contributed by atoms with Gasteiger partial charge < -0.3 is 25.4 Å². The Bertz CT molecular complexity index is 239. The normalized spacial score (nSPS) is 44.3. The van der Waals surface area contributed by atoms with E-state index in [1.54, 1.807) is 0 Å². The summed E-state index contributed by atoms with van der Waals surface area (Å²) in [5.41, 5.74) is 0. The maximum absolute atomic E-state index is 10.9. The predicted molar refractivity (Wildman–Crippen MR) is 46.2 cm³/mol. The molecule has 1 heterocycles. The molecule has 0 aromatic rings. The molecular formula is C8H15NO5. The highest BCUT2D eigenvalue weighted by atomic mass is 16.6. The van der Waals surface area contributed by atoms with Crippen LogP contribution in [0.1, 0.15) is 15.2 Å². The molecule has 6 nitrogen and oxygen atoms in total. The first-order valence-electron chi connectivity index (χ1n) is 4.96. The number of rotatable bonds is 1. The largest absolute Gasteiger partial charge is 0.388 e. The second-order valence-corrected chi connectivity index (χ2v) is 3.31. The summed E-state index contributed by atoms with van der Waals surface area (Å²) < 4.78 is 11.7. The zero-order chi connectivity index (χ0) is 11.6. The van der Waals surface area contributed by atoms with Crippen LogP contribution in [-0.4, -0.2) is 51.9 Å². The third-order valence-electron chi connectivity index (χ3n) is 2.19. The van der Waals surface area contributed by atoms with Crippen molar-refractivity contribution in [2.24, 2.45) is 0 Å². The van der Waals surface area contributed by atoms with E-state index in [-0.39, 0.29) is 0 Å². The molecule has 82 valence electrons. The van der Waals surface area contributed by atoms with Crippen LogP contribution < -0.4 is 5.32 Å². The second-order valence-electron chi connectivity index (χ2n) is 3.31. The molecule has 1 rings (SSSR count). The lowest BCUT2D eigenvalue weighted by Gasteiger charge is -2.39. The van der Waals surface area contributed by atoms with Gasteiger partial charge in [-0.15, -0.1) is 0 Å². The minimum absolute atomic E-state index is 0.512. The van der Waals surface area contributed by atoms with Crippen molar-refractivity contribution in [3.05, 3.63) is 0 Å². The standard InChI is InChI=1S/C8H15NO5/c1-3-6(11)7(12)5(8(13)14-3)9-4(2)10/h3,5-8,11-13H,1-2H3,(H,9,10)/t3-,5-,6-,7-,8?/m1/s1/i2D. The van der Waals surface area contributed by atoms with Crippen LogP contribution >= 0.6 is 0 Å². The average molecular weight is 206 g/mol. The molecular weight excluding hydrogens is 190 g/mol. The minimum atomic E-state index is -1.38. The molecule has 0 bridgehead atoms. The van der Waals surface area contributed by atoms with Gasteiger partial charge in [-0.05, 0) is 6.92 Å². The maximum atomic E-state index is 10.9. The smallest absolute Gasteiger partial charge is 0.217 e. The average Bonchev–Trinajstić information content (AvgIpc) is 2.21. The van der Waals surface area contributed by atoms with E-state index in [0.717, 1.165) is 0 Å². The van der Waals surface area contributed by atoms with E-state index in [2.05, 4.69) is 5.32 Å². The first kappa shape index (κ1) is 9.85. The summed E-state index contributed by atoms with van der Waals surface area (Å²) in [6.07, 6.45) is -4.57. The van der Waals surface area contributed by atoms with Crippen LogP contribution in [-0.2, 0) is 9.53 Å². The van der Waals surface area contributed by atoms with E-state index in [1.165, 1.54) is 6.92 Å². The van der Waals surface area contributed by atoms with E-state index < -0.39 is 43.5 Å². The first-order chi connectivity index (χ1) is 6.97. The molecule has 0 aromatic carbocycles. The molecule has 1 amide bonds. The van der Waals surface area contributed by atoms with Crippen LogP contribution in [0.15, 0.2) is 0 Å². The third kappa shape index (κ3) is 2.21. The summed E-state index contributed by atoms with van der Waals surface area (Å²) in [7, 11) is 0. The summed E-state index contributed by atoms with van der Waals surface area (Å²) in [6.45, 7) is 0.987. The van der Waals surface area contributed by atoms with Gasteiger partial charge in [0.15, 0.2) is 6.29 Å². The van der Waals surface area contributed by atoms with E-state index in [4.69, 9.17) is 6.11 Å². The van der Waals surface area contributed by atoms with Gasteiger partial charge in [0.05, 0.1) is 6.10 Å². The lowest BCUT2D eigenvalue weighted by atomic mass is 9.98. The van der Waals surface area contributed by atoms with E-state index in [9.17, 15) is 20.1 Å². The highest BCUT2D eigenvalue weighted by Crippen LogP contribution is 2.19. The van der Waals surface area contributed by atoms with Gasteiger partial charge in [-0.1, -0.05) is 0 Å². The van der Waals surface area contributed by atoms with Crippen molar-refractivity contribution < 1.29 is 26.2 Å². The van der Waals surface area contributed by atoms with Crippen LogP contribution in [0.3, 0.4) is 0 Å². The van der Waals surface area contributed by atoms with Crippen LogP contribution in [0.25, 0.3) is 0 Å². The molecule has 1 fully saturated rings. The molecule has 0 aromatic heterocycles. The van der Waals surface area contributed by atoms with Crippen molar-refractivity contribution in [2.75, 3.05) is 0 Å². The highest BCUT2D eigenvalue weighted by Gasteiger charge is 2.42. The number of carbonyl (C=O) groups excluding carboxylic acids is 1. The van der Waals surface area contributed by atoms with Crippen LogP contribution in [0.4, 0.5) is 0 Å². The van der Waals surface area contributed by atoms with Gasteiger partial charge in [0.2, 0.25) is 5.91 Å². The molecule has 0 saturated carbocycles. The van der Waals surface area contributed by atoms with Crippen molar-refractivity contribution in [2.45, 2.75) is 44.5 Å². The molecule has 1 saturated heterocycles. The summed E-state index contributed by atoms with van der Waals surface area (Å²) in [4.78, 5) is 10.9. The Morgan fingerprint density at radius 2 is 2.07 bits per heavy atom. The Labute approximate surface area is 82.9 Å². The number of carbonyl (C=O) groups is 1. The number of aliphatic hydroxyl groups is 3. The fourth-order valence-electron chi connectivity index (χ4n) is 1.39. The van der Waals surface area contributed by atoms with Crippen LogP contribution in [0.2, 0.25) is 0 Å². The quantitative estimate of drug-likeness (QED) is 0.396. The number of ether oxygens (including phenoxy) is 1. The van der Waals surface area contributed by atoms with Gasteiger partial charge in [0.25, 0.3) is 0 Å². The van der Waals surface area contributed by atoms with Crippen molar-refractivity contribution in [1.29, 1.82) is 0 Å². The molecule has 0 radical (unpaired) electrons. The molecule has 0 aliphatic carbocycles. The molecule has 4 N–H and O–H groups in total. The van der Waals surface area contributed by atoms with Crippen molar-refractivity contribution in [1.82, 2.24) is 5.32 Å². The van der Waals surface area contributed by atoms with Gasteiger partial charge in [0, 0.05) is 8.27 Å². The van der Waals surface area contributed by atoms with E-state index in [0.29, 0.717) is 0 Å². The molecule has 6 heteroatoms. The molecule has 5 atom stereocenters. The number of amides is 1. The SMILES string of the molecule is [2H]CC(=O)N[C@H]1C(O)O[C@H](C)[C@@H](O)[C@@H]1O. The van der Waals surface area contributed by atoms with Gasteiger partial charge in [0.1, 0.15) is 18.2 Å². The lowest BCUT2D eigenvalue weighted by molar-refractivity contribution is -0.242. The highest BCUT2D eigenvalue weighted by molar-refractivity contribution is 5.73. The Kier molecular flexibility index (Phi) is 2.97. The number of hydrogen-bond acceptors (Lipinski definition) is 5. The van der Waals surface area contributed by atoms with Crippen LogP contribution in [0.5, 0.6) is 0 Å². The first-order valence-corrected chi connectivity index (χ1v) is 4.25. The summed E-state index contributed by atoms with van der Waals surface area (Å²) in [6, 6.07) is -1.10. The van der Waals surface area contributed by atoms with Crippen molar-refractivity contribution in [3.8, 4) is 0 Å². The predicted octanol–water partition coefficient (Wildman–Crippen LogP) is -2.05. The molecule has 1 aliphatic rings. The Morgan fingerprint density at radius 1 is 1.43 bits per heavy atom. The second kappa shape index (κ2) is 4.22. The van der Waals surface area contributed by atoms with Crippen LogP contribution in [0, 0.1) is 0 Å². The third-order valence-corrected chi connectivity index (χ3v) is 2.19. The van der Waals surface area contributed by atoms with Gasteiger partial charge >= 0.3 is 0 Å². The van der Waals surface area contributed by atoms with E-state index in [1.807, 2.05) is 0 Å². The fourth-order valence-corrected chi connectivity index (χ4v) is 1.39. The molecule has 0 spiro atoms. The Morgan fingerprint density at radius 3 is 2.64 bits per heavy atom. The van der Waals surface area contributed by atoms with Crippen molar-refractivity contribution in [3.63, 3.8) is 0 Å². The lowest BCUT2D eigenvalue weighted by Crippen LogP contribution is -2.62. The number of aliphatic hydroxyl groups excluding tert-OH is 3. The van der Waals surface area contributed by atoms with Gasteiger partial charge in [-0.25, -0.2) is 0 Å². The minimum Gasteiger partial charge on any atom is -0.388 e. The monoisotopic (exact) mass is 206 g/mol. The summed E-state index contributed by atoms with van der Waals surface area (Å²) in [5.74, 6) is -0.650. The zero-order valence-electron chi connectivity index (χ0n) is 8.75. The van der Waals surface area contributed by atoms with Crippen molar-refractivity contribution >= 4 is 5.91 Å². The van der Waals surface area contributed by atoms with Gasteiger partial charge in [-0.2, -0.15) is 0 Å². The number of hydrogen-bond donors (Lipinski definition) is 4. The number of nitrogens with one attached hydrogen (secondary N) is 1. The fraction of sp³-hybridized carbons (Fsp3) is 0.875.